The summed E-state index contributed by atoms with van der Waals surface area (Å²) in [6.45, 7) is 2.41. The smallest absolute Gasteiger partial charge is 0.275 e. The van der Waals surface area contributed by atoms with E-state index >= 15 is 0 Å². The van der Waals surface area contributed by atoms with Crippen molar-refractivity contribution >= 4 is 47.7 Å². The van der Waals surface area contributed by atoms with Crippen LogP contribution in [0.5, 0.6) is 0 Å². The first-order valence-electron chi connectivity index (χ1n) is 5.57. The fourth-order valence-corrected chi connectivity index (χ4v) is 2.27. The summed E-state index contributed by atoms with van der Waals surface area (Å²) in [6, 6.07) is 3.56. The van der Waals surface area contributed by atoms with E-state index in [-0.39, 0.29) is 30.7 Å². The third kappa shape index (κ3) is 5.05. The molecule has 0 bridgehead atoms. The quantitative estimate of drug-likeness (QED) is 0.899. The van der Waals surface area contributed by atoms with Gasteiger partial charge in [-0.3, -0.25) is 9.78 Å². The molecule has 2 rings (SSSR count). The second-order valence-corrected chi connectivity index (χ2v) is 4.75. The molecule has 0 saturated heterocycles. The Morgan fingerprint density at radius 1 is 1.45 bits per heavy atom. The molecule has 0 saturated carbocycles. The molecule has 0 radical (unpaired) electrons. The highest BCUT2D eigenvalue weighted by Gasteiger charge is 2.10. The molecule has 20 heavy (non-hydrogen) atoms. The van der Waals surface area contributed by atoms with Gasteiger partial charge in [0.1, 0.15) is 5.69 Å². The number of nitrogens with two attached hydrogens (primary N) is 1. The van der Waals surface area contributed by atoms with Crippen LogP contribution in [0.3, 0.4) is 0 Å². The number of anilines is 1. The number of rotatable bonds is 4. The zero-order valence-corrected chi connectivity index (χ0v) is 13.3. The van der Waals surface area contributed by atoms with Crippen molar-refractivity contribution < 1.29 is 4.79 Å². The molecule has 2 heterocycles. The number of hydrogen-bond donors (Lipinski definition) is 2. The lowest BCUT2D eigenvalue weighted by Gasteiger charge is -2.03. The van der Waals surface area contributed by atoms with Crippen LogP contribution in [0.2, 0.25) is 0 Å². The molecule has 0 aromatic carbocycles. The van der Waals surface area contributed by atoms with Crippen LogP contribution in [0.25, 0.3) is 0 Å². The van der Waals surface area contributed by atoms with Crippen molar-refractivity contribution in [2.75, 3.05) is 11.9 Å². The lowest BCUT2D eigenvalue weighted by atomic mass is 10.3. The van der Waals surface area contributed by atoms with E-state index in [1.54, 1.807) is 17.6 Å². The Bertz CT molecular complexity index is 562. The highest BCUT2D eigenvalue weighted by molar-refractivity contribution is 7.09. The zero-order chi connectivity index (χ0) is 13.0. The van der Waals surface area contributed by atoms with E-state index in [1.807, 2.05) is 13.0 Å². The molecular weight excluding hydrogens is 319 g/mol. The van der Waals surface area contributed by atoms with Crippen molar-refractivity contribution in [1.29, 1.82) is 0 Å². The number of hydrogen-bond acceptors (Lipinski definition) is 5. The lowest BCUT2D eigenvalue weighted by Crippen LogP contribution is -2.13. The summed E-state index contributed by atoms with van der Waals surface area (Å²) in [5, 5.41) is 5.42. The first-order valence-corrected chi connectivity index (χ1v) is 6.45. The zero-order valence-electron chi connectivity index (χ0n) is 10.8. The summed E-state index contributed by atoms with van der Waals surface area (Å²) in [7, 11) is 0. The van der Waals surface area contributed by atoms with Gasteiger partial charge in [-0.05, 0) is 25.6 Å². The van der Waals surface area contributed by atoms with Crippen molar-refractivity contribution in [3.8, 4) is 0 Å². The predicted molar refractivity (Wildman–Crippen MR) is 86.3 cm³/mol. The molecular formula is C12H16Cl2N4OS. The SMILES string of the molecule is Cc1cc(NC(=O)c2csc(CCN)n2)ccn1.Cl.Cl. The number of carbonyl (C=O) groups is 1. The van der Waals surface area contributed by atoms with Crippen LogP contribution < -0.4 is 11.1 Å². The lowest BCUT2D eigenvalue weighted by molar-refractivity contribution is 0.102. The number of thiazole rings is 1. The maximum absolute atomic E-state index is 11.9. The van der Waals surface area contributed by atoms with Crippen molar-refractivity contribution in [3.63, 3.8) is 0 Å². The summed E-state index contributed by atoms with van der Waals surface area (Å²) in [4.78, 5) is 20.2. The average Bonchev–Trinajstić information content (AvgIpc) is 2.78. The van der Waals surface area contributed by atoms with Crippen molar-refractivity contribution in [3.05, 3.63) is 40.1 Å². The van der Waals surface area contributed by atoms with Crippen LogP contribution in [0.4, 0.5) is 5.69 Å². The van der Waals surface area contributed by atoms with Gasteiger partial charge in [0.15, 0.2) is 0 Å². The summed E-state index contributed by atoms with van der Waals surface area (Å²) >= 11 is 1.45. The molecule has 0 aliphatic carbocycles. The van der Waals surface area contributed by atoms with E-state index in [0.717, 1.165) is 16.4 Å². The van der Waals surface area contributed by atoms with Crippen molar-refractivity contribution in [2.24, 2.45) is 5.73 Å². The van der Waals surface area contributed by atoms with Crippen LogP contribution in [0.15, 0.2) is 23.7 Å². The molecule has 0 atom stereocenters. The van der Waals surface area contributed by atoms with E-state index in [1.165, 1.54) is 11.3 Å². The highest BCUT2D eigenvalue weighted by atomic mass is 35.5. The van der Waals surface area contributed by atoms with Gasteiger partial charge in [0.05, 0.1) is 5.01 Å². The van der Waals surface area contributed by atoms with Crippen LogP contribution >= 0.6 is 36.2 Å². The summed E-state index contributed by atoms with van der Waals surface area (Å²) in [5.41, 5.74) is 7.45. The largest absolute Gasteiger partial charge is 0.330 e. The number of amides is 1. The maximum atomic E-state index is 11.9. The molecule has 5 nitrogen and oxygen atoms in total. The third-order valence-electron chi connectivity index (χ3n) is 2.30. The molecule has 2 aromatic heterocycles. The van der Waals surface area contributed by atoms with E-state index < -0.39 is 0 Å². The molecule has 0 aliphatic rings. The van der Waals surface area contributed by atoms with Gasteiger partial charge >= 0.3 is 0 Å². The highest BCUT2D eigenvalue weighted by Crippen LogP contribution is 2.13. The van der Waals surface area contributed by atoms with Gasteiger partial charge in [-0.25, -0.2) is 4.98 Å². The van der Waals surface area contributed by atoms with Gasteiger partial charge in [0.2, 0.25) is 0 Å². The fraction of sp³-hybridized carbons (Fsp3) is 0.250. The minimum absolute atomic E-state index is 0. The second kappa shape index (κ2) is 8.86. The normalized spacial score (nSPS) is 9.30. The van der Waals surface area contributed by atoms with E-state index in [0.29, 0.717) is 18.7 Å². The first kappa shape index (κ1) is 18.8. The number of nitrogens with zero attached hydrogens (tertiary/aromatic N) is 2. The minimum atomic E-state index is -0.208. The van der Waals surface area contributed by atoms with Crippen LogP contribution in [-0.4, -0.2) is 22.4 Å². The number of nitrogens with one attached hydrogen (secondary N) is 1. The molecule has 110 valence electrons. The number of aryl methyl sites for hydroxylation is 1. The molecule has 2 aromatic rings. The molecule has 0 spiro atoms. The van der Waals surface area contributed by atoms with E-state index in [9.17, 15) is 4.79 Å². The van der Waals surface area contributed by atoms with Crippen LogP contribution in [-0.2, 0) is 6.42 Å². The van der Waals surface area contributed by atoms with Gasteiger partial charge in [-0.2, -0.15) is 0 Å². The Balaban J connectivity index is 0.00000180. The van der Waals surface area contributed by atoms with E-state index in [4.69, 9.17) is 5.73 Å². The summed E-state index contributed by atoms with van der Waals surface area (Å²) in [6.07, 6.45) is 2.36. The second-order valence-electron chi connectivity index (χ2n) is 3.81. The standard InChI is InChI=1S/C12H14N4OS.2ClH/c1-8-6-9(3-5-14-8)15-12(17)10-7-18-11(16-10)2-4-13;;/h3,5-7H,2,4,13H2,1H3,(H,14,15,17);2*1H. The van der Waals surface area contributed by atoms with Gasteiger partial charge < -0.3 is 11.1 Å². The fourth-order valence-electron chi connectivity index (χ4n) is 1.47. The molecule has 0 fully saturated rings. The van der Waals surface area contributed by atoms with Gasteiger partial charge in [-0.15, -0.1) is 36.2 Å². The number of aromatic nitrogens is 2. The van der Waals surface area contributed by atoms with Gasteiger partial charge in [0, 0.05) is 29.4 Å². The van der Waals surface area contributed by atoms with Gasteiger partial charge in [-0.1, -0.05) is 0 Å². The molecule has 0 unspecified atom stereocenters. The Morgan fingerprint density at radius 2 is 2.20 bits per heavy atom. The number of halogens is 2. The van der Waals surface area contributed by atoms with E-state index in [2.05, 4.69) is 15.3 Å². The van der Waals surface area contributed by atoms with Gasteiger partial charge in [0.25, 0.3) is 5.91 Å². The Kier molecular flexibility index (Phi) is 8.33. The predicted octanol–water partition coefficient (Wildman–Crippen LogP) is 2.44. The molecule has 8 heteroatoms. The number of pyridine rings is 1. The minimum Gasteiger partial charge on any atom is -0.330 e. The van der Waals surface area contributed by atoms with Crippen molar-refractivity contribution in [1.82, 2.24) is 9.97 Å². The first-order chi connectivity index (χ1) is 8.69. The van der Waals surface area contributed by atoms with Crippen LogP contribution in [0, 0.1) is 6.92 Å². The molecule has 3 N–H and O–H groups in total. The summed E-state index contributed by atoms with van der Waals surface area (Å²) < 4.78 is 0. The monoisotopic (exact) mass is 334 g/mol. The summed E-state index contributed by atoms with van der Waals surface area (Å²) in [5.74, 6) is -0.208. The number of carbonyl (C=O) groups excluding carboxylic acids is 1. The maximum Gasteiger partial charge on any atom is 0.275 e. The Hall–Kier alpha value is -1.21. The van der Waals surface area contributed by atoms with Crippen molar-refractivity contribution in [2.45, 2.75) is 13.3 Å². The topological polar surface area (TPSA) is 80.9 Å². The average molecular weight is 335 g/mol. The van der Waals surface area contributed by atoms with Crippen LogP contribution in [0.1, 0.15) is 21.2 Å². The molecule has 0 aliphatic heterocycles. The Labute approximate surface area is 133 Å². The molecule has 1 amide bonds. The Morgan fingerprint density at radius 3 is 2.85 bits per heavy atom. The third-order valence-corrected chi connectivity index (χ3v) is 3.21.